The zero-order valence-corrected chi connectivity index (χ0v) is 8.07. The molecule has 0 aromatic heterocycles. The zero-order valence-electron chi connectivity index (χ0n) is 8.07. The Morgan fingerprint density at radius 2 is 1.85 bits per heavy atom. The molecule has 76 valence electrons. The van der Waals surface area contributed by atoms with Gasteiger partial charge in [0.2, 0.25) is 0 Å². The summed E-state index contributed by atoms with van der Waals surface area (Å²) in [4.78, 5) is 21.7. The standard InChI is InChI=1S/C8H15NO4/c1-4-12-7(10)8(11)13-6(3)5(2)9/h5-6H,4,9H2,1-3H3. The molecule has 0 aliphatic carbocycles. The third-order valence-electron chi connectivity index (χ3n) is 1.48. The van der Waals surface area contributed by atoms with Gasteiger partial charge in [-0.1, -0.05) is 0 Å². The van der Waals surface area contributed by atoms with Crippen LogP contribution in [0.3, 0.4) is 0 Å². The van der Waals surface area contributed by atoms with E-state index in [1.54, 1.807) is 20.8 Å². The molecule has 5 heteroatoms. The minimum absolute atomic E-state index is 0.153. The van der Waals surface area contributed by atoms with Crippen molar-refractivity contribution < 1.29 is 19.1 Å². The molecule has 13 heavy (non-hydrogen) atoms. The van der Waals surface area contributed by atoms with Crippen LogP contribution in [0.2, 0.25) is 0 Å². The Hall–Kier alpha value is -1.10. The van der Waals surface area contributed by atoms with E-state index in [0.717, 1.165) is 0 Å². The van der Waals surface area contributed by atoms with Crippen molar-refractivity contribution in [1.29, 1.82) is 0 Å². The van der Waals surface area contributed by atoms with E-state index in [1.807, 2.05) is 0 Å². The molecule has 0 aliphatic rings. The van der Waals surface area contributed by atoms with Gasteiger partial charge in [0, 0.05) is 6.04 Å². The summed E-state index contributed by atoms with van der Waals surface area (Å²) in [5.74, 6) is -1.97. The van der Waals surface area contributed by atoms with Crippen LogP contribution in [0.15, 0.2) is 0 Å². The molecule has 0 radical (unpaired) electrons. The summed E-state index contributed by atoms with van der Waals surface area (Å²) in [6, 6.07) is -0.307. The quantitative estimate of drug-likeness (QED) is 0.492. The van der Waals surface area contributed by atoms with Gasteiger partial charge in [-0.25, -0.2) is 9.59 Å². The second-order valence-corrected chi connectivity index (χ2v) is 2.69. The van der Waals surface area contributed by atoms with E-state index >= 15 is 0 Å². The van der Waals surface area contributed by atoms with Gasteiger partial charge < -0.3 is 15.2 Å². The van der Waals surface area contributed by atoms with E-state index in [0.29, 0.717) is 0 Å². The Bertz CT molecular complexity index is 191. The second kappa shape index (κ2) is 5.53. The summed E-state index contributed by atoms with van der Waals surface area (Å²) in [5.41, 5.74) is 5.43. The average molecular weight is 189 g/mol. The maximum absolute atomic E-state index is 10.9. The van der Waals surface area contributed by atoms with E-state index in [2.05, 4.69) is 9.47 Å². The summed E-state index contributed by atoms with van der Waals surface area (Å²) >= 11 is 0. The third kappa shape index (κ3) is 4.47. The van der Waals surface area contributed by atoms with E-state index in [9.17, 15) is 9.59 Å². The lowest BCUT2D eigenvalue weighted by Gasteiger charge is -2.15. The van der Waals surface area contributed by atoms with Crippen molar-refractivity contribution >= 4 is 11.9 Å². The highest BCUT2D eigenvalue weighted by atomic mass is 16.6. The summed E-state index contributed by atoms with van der Waals surface area (Å²) in [6.45, 7) is 5.06. The Morgan fingerprint density at radius 3 is 2.23 bits per heavy atom. The SMILES string of the molecule is CCOC(=O)C(=O)OC(C)C(C)N. The van der Waals surface area contributed by atoms with E-state index < -0.39 is 18.0 Å². The molecule has 0 aromatic carbocycles. The highest BCUT2D eigenvalue weighted by Crippen LogP contribution is 1.96. The number of rotatable bonds is 3. The highest BCUT2D eigenvalue weighted by Gasteiger charge is 2.21. The van der Waals surface area contributed by atoms with Gasteiger partial charge in [0.25, 0.3) is 0 Å². The minimum Gasteiger partial charge on any atom is -0.458 e. The number of esters is 2. The molecule has 0 heterocycles. The van der Waals surface area contributed by atoms with Crippen molar-refractivity contribution in [2.45, 2.75) is 32.9 Å². The fourth-order valence-corrected chi connectivity index (χ4v) is 0.514. The van der Waals surface area contributed by atoms with Gasteiger partial charge in [-0.15, -0.1) is 0 Å². The Kier molecular flexibility index (Phi) is 5.06. The van der Waals surface area contributed by atoms with Crippen molar-refractivity contribution in [3.8, 4) is 0 Å². The lowest BCUT2D eigenvalue weighted by molar-refractivity contribution is -0.170. The van der Waals surface area contributed by atoms with Crippen LogP contribution in [-0.2, 0) is 19.1 Å². The lowest BCUT2D eigenvalue weighted by atomic mass is 10.2. The maximum Gasteiger partial charge on any atom is 0.417 e. The molecular formula is C8H15NO4. The van der Waals surface area contributed by atoms with Gasteiger partial charge >= 0.3 is 11.9 Å². The van der Waals surface area contributed by atoms with Crippen molar-refractivity contribution in [2.75, 3.05) is 6.61 Å². The normalized spacial score (nSPS) is 14.5. The van der Waals surface area contributed by atoms with Crippen LogP contribution in [0.5, 0.6) is 0 Å². The predicted octanol–water partition coefficient (Wildman–Crippen LogP) is -0.172. The molecule has 5 nitrogen and oxygen atoms in total. The largest absolute Gasteiger partial charge is 0.458 e. The monoisotopic (exact) mass is 189 g/mol. The van der Waals surface area contributed by atoms with Gasteiger partial charge in [-0.3, -0.25) is 0 Å². The van der Waals surface area contributed by atoms with Crippen LogP contribution >= 0.6 is 0 Å². The molecule has 0 saturated carbocycles. The Balaban J connectivity index is 3.93. The molecule has 2 unspecified atom stereocenters. The molecule has 0 bridgehead atoms. The summed E-state index contributed by atoms with van der Waals surface area (Å²) in [5, 5.41) is 0. The first-order chi connectivity index (χ1) is 5.99. The maximum atomic E-state index is 10.9. The Labute approximate surface area is 77.2 Å². The smallest absolute Gasteiger partial charge is 0.417 e. The second-order valence-electron chi connectivity index (χ2n) is 2.69. The summed E-state index contributed by atoms with van der Waals surface area (Å²) in [7, 11) is 0. The molecule has 2 N–H and O–H groups in total. The van der Waals surface area contributed by atoms with Gasteiger partial charge in [0.15, 0.2) is 0 Å². The summed E-state index contributed by atoms with van der Waals surface area (Å²) in [6.07, 6.45) is -0.489. The fraction of sp³-hybridized carbons (Fsp3) is 0.750. The van der Waals surface area contributed by atoms with Crippen molar-refractivity contribution in [2.24, 2.45) is 5.73 Å². The van der Waals surface area contributed by atoms with Gasteiger partial charge in [-0.05, 0) is 20.8 Å². The molecule has 0 spiro atoms. The third-order valence-corrected chi connectivity index (χ3v) is 1.48. The van der Waals surface area contributed by atoms with Gasteiger partial charge in [-0.2, -0.15) is 0 Å². The lowest BCUT2D eigenvalue weighted by Crippen LogP contribution is -2.35. The van der Waals surface area contributed by atoms with E-state index in [-0.39, 0.29) is 12.6 Å². The molecule has 0 fully saturated rings. The first-order valence-corrected chi connectivity index (χ1v) is 4.12. The van der Waals surface area contributed by atoms with Crippen molar-refractivity contribution in [1.82, 2.24) is 0 Å². The first kappa shape index (κ1) is 11.9. The topological polar surface area (TPSA) is 78.6 Å². The Morgan fingerprint density at radius 1 is 1.31 bits per heavy atom. The predicted molar refractivity (Wildman–Crippen MR) is 45.8 cm³/mol. The number of hydrogen-bond acceptors (Lipinski definition) is 5. The number of ether oxygens (including phenoxy) is 2. The molecule has 0 saturated heterocycles. The van der Waals surface area contributed by atoms with Crippen molar-refractivity contribution in [3.05, 3.63) is 0 Å². The van der Waals surface area contributed by atoms with Crippen LogP contribution < -0.4 is 5.73 Å². The highest BCUT2D eigenvalue weighted by molar-refractivity contribution is 6.29. The molecule has 0 rings (SSSR count). The number of carbonyl (C=O) groups is 2. The van der Waals surface area contributed by atoms with Crippen LogP contribution in [0.1, 0.15) is 20.8 Å². The average Bonchev–Trinajstić information content (AvgIpc) is 2.04. The van der Waals surface area contributed by atoms with E-state index in [1.165, 1.54) is 0 Å². The molecule has 2 atom stereocenters. The molecular weight excluding hydrogens is 174 g/mol. The summed E-state index contributed by atoms with van der Waals surface area (Å²) < 4.78 is 9.12. The number of hydrogen-bond donors (Lipinski definition) is 1. The molecule has 0 aliphatic heterocycles. The zero-order chi connectivity index (χ0) is 10.4. The van der Waals surface area contributed by atoms with Crippen LogP contribution in [-0.4, -0.2) is 30.7 Å². The fourth-order valence-electron chi connectivity index (χ4n) is 0.514. The van der Waals surface area contributed by atoms with Gasteiger partial charge in [0.1, 0.15) is 6.10 Å². The number of carbonyl (C=O) groups excluding carboxylic acids is 2. The van der Waals surface area contributed by atoms with Crippen molar-refractivity contribution in [3.63, 3.8) is 0 Å². The van der Waals surface area contributed by atoms with Crippen LogP contribution in [0.4, 0.5) is 0 Å². The first-order valence-electron chi connectivity index (χ1n) is 4.12. The van der Waals surface area contributed by atoms with E-state index in [4.69, 9.17) is 5.73 Å². The minimum atomic E-state index is -0.994. The van der Waals surface area contributed by atoms with Gasteiger partial charge in [0.05, 0.1) is 6.61 Å². The molecule has 0 amide bonds. The molecule has 0 aromatic rings. The van der Waals surface area contributed by atoms with Crippen LogP contribution in [0, 0.1) is 0 Å². The van der Waals surface area contributed by atoms with Crippen LogP contribution in [0.25, 0.3) is 0 Å². The number of nitrogens with two attached hydrogens (primary N) is 1.